The maximum Gasteiger partial charge on any atom is 0.188 e. The highest BCUT2D eigenvalue weighted by Gasteiger charge is 2.08. The van der Waals surface area contributed by atoms with E-state index in [1.54, 1.807) is 12.1 Å². The molecule has 0 fully saturated rings. The third-order valence-corrected chi connectivity index (χ3v) is 2.72. The van der Waals surface area contributed by atoms with Crippen molar-refractivity contribution < 1.29 is 8.76 Å². The van der Waals surface area contributed by atoms with Crippen LogP contribution in [0.2, 0.25) is 0 Å². The number of aromatic nitrogens is 2. The monoisotopic (exact) mass is 208 g/mol. The topological polar surface area (TPSA) is 63.1 Å². The van der Waals surface area contributed by atoms with Crippen LogP contribution in [0.3, 0.4) is 0 Å². The maximum atomic E-state index is 11.0. The number of hydrogen-bond donors (Lipinski definition) is 1. The number of benzene rings is 1. The van der Waals surface area contributed by atoms with Crippen LogP contribution in [0.25, 0.3) is 10.9 Å². The van der Waals surface area contributed by atoms with Crippen LogP contribution in [0.5, 0.6) is 0 Å². The molecule has 0 spiro atoms. The van der Waals surface area contributed by atoms with Crippen LogP contribution in [-0.4, -0.2) is 18.7 Å². The van der Waals surface area contributed by atoms with Crippen LogP contribution in [0.4, 0.5) is 0 Å². The van der Waals surface area contributed by atoms with Crippen LogP contribution in [-0.2, 0) is 11.1 Å². The molecule has 0 aliphatic rings. The van der Waals surface area contributed by atoms with Crippen molar-refractivity contribution in [2.24, 2.45) is 0 Å². The first-order valence-corrected chi connectivity index (χ1v) is 5.12. The van der Waals surface area contributed by atoms with Gasteiger partial charge in [0.15, 0.2) is 11.1 Å². The van der Waals surface area contributed by atoms with Gasteiger partial charge in [0.05, 0.1) is 10.4 Å². The highest BCUT2D eigenvalue weighted by atomic mass is 32.2. The molecule has 0 aliphatic carbocycles. The van der Waals surface area contributed by atoms with Crippen LogP contribution in [0, 0.1) is 6.92 Å². The molecule has 0 saturated heterocycles. The lowest BCUT2D eigenvalue weighted by molar-refractivity contribution is 0.565. The summed E-state index contributed by atoms with van der Waals surface area (Å²) in [6, 6.07) is 5.15. The lowest BCUT2D eigenvalue weighted by Gasteiger charge is -2.02. The molecule has 1 unspecified atom stereocenters. The van der Waals surface area contributed by atoms with Gasteiger partial charge in [0, 0.05) is 11.1 Å². The molecular weight excluding hydrogens is 200 g/mol. The van der Waals surface area contributed by atoms with Gasteiger partial charge in [0.25, 0.3) is 0 Å². The van der Waals surface area contributed by atoms with Crippen molar-refractivity contribution in [1.29, 1.82) is 0 Å². The van der Waals surface area contributed by atoms with Gasteiger partial charge in [-0.3, -0.25) is 0 Å². The Bertz CT molecular complexity index is 513. The molecule has 1 atom stereocenters. The summed E-state index contributed by atoms with van der Waals surface area (Å²) in [6.07, 6.45) is 1.40. The number of fused-ring (bicyclic) bond motifs is 1. The summed E-state index contributed by atoms with van der Waals surface area (Å²) in [7, 11) is 0. The second-order valence-corrected chi connectivity index (χ2v) is 3.80. The fourth-order valence-electron chi connectivity index (χ4n) is 1.33. The van der Waals surface area contributed by atoms with Gasteiger partial charge in [-0.25, -0.2) is 14.2 Å². The maximum absolute atomic E-state index is 11.0. The number of rotatable bonds is 1. The van der Waals surface area contributed by atoms with E-state index in [9.17, 15) is 4.21 Å². The molecule has 2 aromatic rings. The summed E-state index contributed by atoms with van der Waals surface area (Å²) >= 11 is -2.00. The lowest BCUT2D eigenvalue weighted by atomic mass is 10.2. The third kappa shape index (κ3) is 1.40. The van der Waals surface area contributed by atoms with Crippen molar-refractivity contribution in [3.8, 4) is 0 Å². The Balaban J connectivity index is 2.88. The van der Waals surface area contributed by atoms with Crippen molar-refractivity contribution in [1.82, 2.24) is 9.97 Å². The number of aryl methyl sites for hydroxylation is 1. The smallest absolute Gasteiger partial charge is 0.188 e. The van der Waals surface area contributed by atoms with E-state index in [0.29, 0.717) is 10.4 Å². The first-order chi connectivity index (χ1) is 6.70. The molecule has 72 valence electrons. The quantitative estimate of drug-likeness (QED) is 0.722. The summed E-state index contributed by atoms with van der Waals surface area (Å²) < 4.78 is 20.0. The molecule has 1 aromatic heterocycles. The van der Waals surface area contributed by atoms with Crippen molar-refractivity contribution in [2.45, 2.75) is 11.8 Å². The highest BCUT2D eigenvalue weighted by molar-refractivity contribution is 7.79. The highest BCUT2D eigenvalue weighted by Crippen LogP contribution is 2.19. The van der Waals surface area contributed by atoms with Crippen LogP contribution >= 0.6 is 0 Å². The number of nitrogens with zero attached hydrogens (tertiary/aromatic N) is 2. The van der Waals surface area contributed by atoms with E-state index >= 15 is 0 Å². The Morgan fingerprint density at radius 3 is 2.86 bits per heavy atom. The van der Waals surface area contributed by atoms with Crippen LogP contribution in [0.1, 0.15) is 5.69 Å². The predicted octanol–water partition coefficient (Wildman–Crippen LogP) is 1.52. The first kappa shape index (κ1) is 9.23. The minimum Gasteiger partial charge on any atom is -0.302 e. The molecule has 4 nitrogen and oxygen atoms in total. The van der Waals surface area contributed by atoms with Crippen LogP contribution in [0.15, 0.2) is 29.4 Å². The van der Waals surface area contributed by atoms with E-state index in [1.807, 2.05) is 13.0 Å². The largest absolute Gasteiger partial charge is 0.302 e. The standard InChI is InChI=1S/C9H8N2O2S/c1-6-7-3-2-4-8(14(12)13)9(7)11-5-10-6/h2-5H,1H3,(H,12,13). The third-order valence-electron chi connectivity index (χ3n) is 2.02. The van der Waals surface area contributed by atoms with E-state index in [1.165, 1.54) is 6.33 Å². The van der Waals surface area contributed by atoms with Gasteiger partial charge in [-0.2, -0.15) is 0 Å². The SMILES string of the molecule is Cc1ncnc2c(S(=O)O)cccc12. The average molecular weight is 208 g/mol. The molecule has 0 aliphatic heterocycles. The molecule has 1 N–H and O–H groups in total. The Morgan fingerprint density at radius 1 is 1.36 bits per heavy atom. The zero-order valence-electron chi connectivity index (χ0n) is 7.47. The Hall–Kier alpha value is -1.33. The fourth-order valence-corrected chi connectivity index (χ4v) is 1.85. The summed E-state index contributed by atoms with van der Waals surface area (Å²) in [5.74, 6) is 0. The van der Waals surface area contributed by atoms with Gasteiger partial charge in [-0.15, -0.1) is 0 Å². The zero-order valence-corrected chi connectivity index (χ0v) is 8.28. The first-order valence-electron chi connectivity index (χ1n) is 4.01. The van der Waals surface area contributed by atoms with Crippen molar-refractivity contribution >= 4 is 22.0 Å². The van der Waals surface area contributed by atoms with E-state index in [0.717, 1.165) is 11.1 Å². The lowest BCUT2D eigenvalue weighted by Crippen LogP contribution is -1.94. The Morgan fingerprint density at radius 2 is 2.14 bits per heavy atom. The Kier molecular flexibility index (Phi) is 2.26. The Labute approximate surface area is 83.3 Å². The molecule has 0 amide bonds. The fraction of sp³-hybridized carbons (Fsp3) is 0.111. The minimum absolute atomic E-state index is 0.327. The van der Waals surface area contributed by atoms with Gasteiger partial charge in [0.1, 0.15) is 6.33 Å². The van der Waals surface area contributed by atoms with Crippen molar-refractivity contribution in [3.63, 3.8) is 0 Å². The molecule has 0 saturated carbocycles. The summed E-state index contributed by atoms with van der Waals surface area (Å²) in [4.78, 5) is 8.34. The molecule has 2 rings (SSSR count). The summed E-state index contributed by atoms with van der Waals surface area (Å²) in [5, 5.41) is 0.812. The molecule has 1 heterocycles. The average Bonchev–Trinajstić information content (AvgIpc) is 2.17. The molecule has 0 radical (unpaired) electrons. The van der Waals surface area contributed by atoms with Crippen molar-refractivity contribution in [3.05, 3.63) is 30.2 Å². The predicted molar refractivity (Wildman–Crippen MR) is 53.3 cm³/mol. The van der Waals surface area contributed by atoms with E-state index < -0.39 is 11.1 Å². The van der Waals surface area contributed by atoms with Gasteiger partial charge in [-0.1, -0.05) is 12.1 Å². The van der Waals surface area contributed by atoms with E-state index in [2.05, 4.69) is 9.97 Å². The minimum atomic E-state index is -2.00. The molecule has 14 heavy (non-hydrogen) atoms. The second kappa shape index (κ2) is 3.43. The van der Waals surface area contributed by atoms with Gasteiger partial charge < -0.3 is 4.55 Å². The summed E-state index contributed by atoms with van der Waals surface area (Å²) in [6.45, 7) is 1.84. The molecule has 1 aromatic carbocycles. The molecular formula is C9H8N2O2S. The summed E-state index contributed by atoms with van der Waals surface area (Å²) in [5.41, 5.74) is 1.35. The van der Waals surface area contributed by atoms with E-state index in [-0.39, 0.29) is 0 Å². The van der Waals surface area contributed by atoms with Gasteiger partial charge >= 0.3 is 0 Å². The van der Waals surface area contributed by atoms with Crippen LogP contribution < -0.4 is 0 Å². The number of hydrogen-bond acceptors (Lipinski definition) is 3. The van der Waals surface area contributed by atoms with Gasteiger partial charge in [-0.05, 0) is 13.0 Å². The van der Waals surface area contributed by atoms with Gasteiger partial charge in [0.2, 0.25) is 0 Å². The zero-order chi connectivity index (χ0) is 10.1. The number of para-hydroxylation sites is 1. The van der Waals surface area contributed by atoms with E-state index in [4.69, 9.17) is 4.55 Å². The van der Waals surface area contributed by atoms with Crippen molar-refractivity contribution in [2.75, 3.05) is 0 Å². The molecule has 0 bridgehead atoms. The normalized spacial score (nSPS) is 13.0. The molecule has 5 heteroatoms. The second-order valence-electron chi connectivity index (χ2n) is 2.86.